The van der Waals surface area contributed by atoms with Crippen LogP contribution in [0.25, 0.3) is 0 Å². The molecular weight excluding hydrogens is 106 g/mol. The molecule has 1 fully saturated rings. The molecule has 1 unspecified atom stereocenters. The molecule has 7 heavy (non-hydrogen) atoms. The molecule has 1 N–H and O–H groups in total. The maximum Gasteiger partial charge on any atom is 0.0644 e. The van der Waals surface area contributed by atoms with Gasteiger partial charge in [-0.1, -0.05) is 6.92 Å². The predicted molar refractivity (Wildman–Crippen MR) is 34.0 cm³/mol. The fourth-order valence-electron chi connectivity index (χ4n) is 0.677. The zero-order valence-corrected chi connectivity index (χ0v) is 5.22. The average Bonchev–Trinajstić information content (AvgIpc) is 1.87. The minimum absolute atomic E-state index is 0.762. The quantitative estimate of drug-likeness (QED) is 0.510. The molecule has 40 valence electrons. The highest BCUT2D eigenvalue weighted by molar-refractivity contribution is 8.14. The van der Waals surface area contributed by atoms with E-state index in [2.05, 4.69) is 6.92 Å². The Kier molecular flexibility index (Phi) is 1.38. The maximum atomic E-state index is 7.14. The second-order valence-electron chi connectivity index (χ2n) is 2.04. The van der Waals surface area contributed by atoms with Gasteiger partial charge in [0.2, 0.25) is 0 Å². The van der Waals surface area contributed by atoms with Crippen molar-refractivity contribution in [3.05, 3.63) is 0 Å². The minimum Gasteiger partial charge on any atom is -0.298 e. The van der Waals surface area contributed by atoms with Crippen LogP contribution >= 0.6 is 11.8 Å². The Hall–Kier alpha value is 0.0200. The fourth-order valence-corrected chi connectivity index (χ4v) is 1.68. The SMILES string of the molecule is CC1CSC(=N)C1. The van der Waals surface area contributed by atoms with Crippen molar-refractivity contribution < 1.29 is 0 Å². The van der Waals surface area contributed by atoms with Crippen LogP contribution in [0.2, 0.25) is 0 Å². The molecule has 0 spiro atoms. The van der Waals surface area contributed by atoms with Gasteiger partial charge >= 0.3 is 0 Å². The molecule has 2 heteroatoms. The highest BCUT2D eigenvalue weighted by Crippen LogP contribution is 2.24. The van der Waals surface area contributed by atoms with Gasteiger partial charge in [0, 0.05) is 5.75 Å². The molecule has 1 aliphatic heterocycles. The molecule has 0 aromatic carbocycles. The van der Waals surface area contributed by atoms with Crippen molar-refractivity contribution >= 4 is 16.8 Å². The molecule has 0 aliphatic carbocycles. The van der Waals surface area contributed by atoms with Gasteiger partial charge in [0.25, 0.3) is 0 Å². The fraction of sp³-hybridized carbons (Fsp3) is 0.800. The highest BCUT2D eigenvalue weighted by atomic mass is 32.2. The maximum absolute atomic E-state index is 7.14. The van der Waals surface area contributed by atoms with Crippen LogP contribution in [-0.2, 0) is 0 Å². The molecule has 1 nitrogen and oxygen atoms in total. The normalized spacial score (nSPS) is 31.6. The summed E-state index contributed by atoms with van der Waals surface area (Å²) in [4.78, 5) is 0. The van der Waals surface area contributed by atoms with Gasteiger partial charge in [-0.2, -0.15) is 0 Å². The molecule has 0 amide bonds. The number of hydrogen-bond donors (Lipinski definition) is 1. The summed E-state index contributed by atoms with van der Waals surface area (Å²) in [6.07, 6.45) is 1.02. The van der Waals surface area contributed by atoms with E-state index in [1.165, 1.54) is 5.75 Å². The minimum atomic E-state index is 0.762. The van der Waals surface area contributed by atoms with Gasteiger partial charge in [-0.15, -0.1) is 11.8 Å². The van der Waals surface area contributed by atoms with Crippen LogP contribution in [0.1, 0.15) is 13.3 Å². The van der Waals surface area contributed by atoms with Crippen LogP contribution < -0.4 is 0 Å². The average molecular weight is 115 g/mol. The van der Waals surface area contributed by atoms with Gasteiger partial charge in [-0.05, 0) is 12.3 Å². The zero-order chi connectivity index (χ0) is 5.28. The summed E-state index contributed by atoms with van der Waals surface area (Å²) in [5.41, 5.74) is 0. The van der Waals surface area contributed by atoms with Gasteiger partial charge in [-0.3, -0.25) is 5.41 Å². The number of thioether (sulfide) groups is 1. The van der Waals surface area contributed by atoms with Gasteiger partial charge < -0.3 is 0 Å². The van der Waals surface area contributed by atoms with Crippen LogP contribution in [0, 0.1) is 11.3 Å². The molecule has 1 atom stereocenters. The van der Waals surface area contributed by atoms with E-state index < -0.39 is 0 Å². The smallest absolute Gasteiger partial charge is 0.0644 e. The summed E-state index contributed by atoms with van der Waals surface area (Å²) < 4.78 is 0. The summed E-state index contributed by atoms with van der Waals surface area (Å²) in [6, 6.07) is 0. The molecule has 1 saturated heterocycles. The lowest BCUT2D eigenvalue weighted by Crippen LogP contribution is -1.88. The first kappa shape index (κ1) is 5.16. The van der Waals surface area contributed by atoms with E-state index in [-0.39, 0.29) is 0 Å². The van der Waals surface area contributed by atoms with Crippen molar-refractivity contribution in [2.24, 2.45) is 5.92 Å². The van der Waals surface area contributed by atoms with E-state index in [1.54, 1.807) is 11.8 Å². The summed E-state index contributed by atoms with van der Waals surface area (Å²) in [5, 5.41) is 8.01. The van der Waals surface area contributed by atoms with Crippen molar-refractivity contribution in [3.63, 3.8) is 0 Å². The topological polar surface area (TPSA) is 23.9 Å². The second kappa shape index (κ2) is 1.86. The zero-order valence-electron chi connectivity index (χ0n) is 4.40. The van der Waals surface area contributed by atoms with Gasteiger partial charge in [0.1, 0.15) is 0 Å². The Labute approximate surface area is 48.0 Å². The number of nitrogens with one attached hydrogen (secondary N) is 1. The Morgan fingerprint density at radius 1 is 1.86 bits per heavy atom. The Morgan fingerprint density at radius 3 is 2.71 bits per heavy atom. The first-order valence-corrected chi connectivity index (χ1v) is 3.48. The van der Waals surface area contributed by atoms with E-state index in [9.17, 15) is 0 Å². The van der Waals surface area contributed by atoms with Crippen LogP contribution in [0.5, 0.6) is 0 Å². The van der Waals surface area contributed by atoms with E-state index >= 15 is 0 Å². The van der Waals surface area contributed by atoms with Crippen molar-refractivity contribution in [3.8, 4) is 0 Å². The first-order chi connectivity index (χ1) is 3.29. The molecule has 1 heterocycles. The van der Waals surface area contributed by atoms with Crippen LogP contribution in [-0.4, -0.2) is 10.8 Å². The van der Waals surface area contributed by atoms with E-state index in [4.69, 9.17) is 5.41 Å². The van der Waals surface area contributed by atoms with Crippen LogP contribution in [0.3, 0.4) is 0 Å². The summed E-state index contributed by atoms with van der Waals surface area (Å²) in [5.74, 6) is 1.93. The lowest BCUT2D eigenvalue weighted by atomic mass is 10.2. The van der Waals surface area contributed by atoms with Gasteiger partial charge in [0.05, 0.1) is 5.04 Å². The molecular formula is C5H9NS. The molecule has 0 bridgehead atoms. The first-order valence-electron chi connectivity index (χ1n) is 2.49. The molecule has 0 radical (unpaired) electrons. The summed E-state index contributed by atoms with van der Waals surface area (Å²) >= 11 is 1.69. The monoisotopic (exact) mass is 115 g/mol. The third-order valence-corrected chi connectivity index (χ3v) is 2.33. The second-order valence-corrected chi connectivity index (χ2v) is 3.16. The predicted octanol–water partition coefficient (Wildman–Crippen LogP) is 1.74. The Balaban J connectivity index is 2.40. The van der Waals surface area contributed by atoms with Crippen molar-refractivity contribution in [1.82, 2.24) is 0 Å². The lowest BCUT2D eigenvalue weighted by Gasteiger charge is -1.89. The third kappa shape index (κ3) is 1.20. The number of hydrogen-bond acceptors (Lipinski definition) is 2. The van der Waals surface area contributed by atoms with Crippen molar-refractivity contribution in [2.45, 2.75) is 13.3 Å². The van der Waals surface area contributed by atoms with Gasteiger partial charge in [-0.25, -0.2) is 0 Å². The van der Waals surface area contributed by atoms with E-state index in [0.29, 0.717) is 0 Å². The van der Waals surface area contributed by atoms with Crippen molar-refractivity contribution in [1.29, 1.82) is 5.41 Å². The Bertz CT molecular complexity index is 90.1. The largest absolute Gasteiger partial charge is 0.298 e. The molecule has 1 rings (SSSR count). The number of rotatable bonds is 0. The van der Waals surface area contributed by atoms with Crippen LogP contribution in [0.4, 0.5) is 0 Å². The van der Waals surface area contributed by atoms with Crippen LogP contribution in [0.15, 0.2) is 0 Å². The lowest BCUT2D eigenvalue weighted by molar-refractivity contribution is 0.714. The molecule has 1 aliphatic rings. The van der Waals surface area contributed by atoms with E-state index in [1.807, 2.05) is 0 Å². The van der Waals surface area contributed by atoms with Gasteiger partial charge in [0.15, 0.2) is 0 Å². The highest BCUT2D eigenvalue weighted by Gasteiger charge is 2.14. The van der Waals surface area contributed by atoms with E-state index in [0.717, 1.165) is 17.4 Å². The third-order valence-electron chi connectivity index (χ3n) is 1.08. The molecule has 0 aromatic heterocycles. The Morgan fingerprint density at radius 2 is 2.57 bits per heavy atom. The summed E-state index contributed by atoms with van der Waals surface area (Å²) in [6.45, 7) is 2.19. The van der Waals surface area contributed by atoms with Crippen molar-refractivity contribution in [2.75, 3.05) is 5.75 Å². The molecule has 0 aromatic rings. The molecule has 0 saturated carbocycles. The standard InChI is InChI=1S/C5H9NS/c1-4-2-5(6)7-3-4/h4,6H,2-3H2,1H3. The summed E-state index contributed by atoms with van der Waals surface area (Å²) in [7, 11) is 0.